The summed E-state index contributed by atoms with van der Waals surface area (Å²) in [7, 11) is 0. The average Bonchev–Trinajstić information content (AvgIpc) is 3.43. The van der Waals surface area contributed by atoms with Crippen LogP contribution in [-0.4, -0.2) is 18.0 Å². The summed E-state index contributed by atoms with van der Waals surface area (Å²) in [6, 6.07) is 17.8. The van der Waals surface area contributed by atoms with Crippen LogP contribution in [0.15, 0.2) is 70.5 Å². The zero-order chi connectivity index (χ0) is 23.5. The number of halogens is 2. The molecule has 0 fully saturated rings. The van der Waals surface area contributed by atoms with Crippen molar-refractivity contribution in [2.45, 2.75) is 20.0 Å². The number of esters is 1. The van der Waals surface area contributed by atoms with Gasteiger partial charge in [0.2, 0.25) is 0 Å². The van der Waals surface area contributed by atoms with Crippen molar-refractivity contribution < 1.29 is 18.7 Å². The van der Waals surface area contributed by atoms with Gasteiger partial charge in [-0.3, -0.25) is 4.79 Å². The zero-order valence-electron chi connectivity index (χ0n) is 17.7. The Kier molecular flexibility index (Phi) is 6.88. The van der Waals surface area contributed by atoms with Crippen molar-refractivity contribution in [2.24, 2.45) is 0 Å². The van der Waals surface area contributed by atoms with E-state index in [2.05, 4.69) is 5.32 Å². The largest absolute Gasteiger partial charge is 0.459 e. The second-order valence-electron chi connectivity index (χ2n) is 7.42. The number of anilines is 1. The SMILES string of the molecule is CC(C)OC(=O)c1c(-c2ccccc2)csc1NC(=O)c1ccc(-c2ccc(Cl)c(Cl)c2)o1. The van der Waals surface area contributed by atoms with E-state index in [-0.39, 0.29) is 11.9 Å². The molecule has 0 radical (unpaired) electrons. The monoisotopic (exact) mass is 499 g/mol. The highest BCUT2D eigenvalue weighted by Gasteiger charge is 2.25. The lowest BCUT2D eigenvalue weighted by Gasteiger charge is -2.11. The van der Waals surface area contributed by atoms with Crippen molar-refractivity contribution in [2.75, 3.05) is 5.32 Å². The number of furan rings is 1. The second-order valence-corrected chi connectivity index (χ2v) is 9.11. The fraction of sp³-hybridized carbons (Fsp3) is 0.120. The van der Waals surface area contributed by atoms with Gasteiger partial charge in [-0.05, 0) is 49.7 Å². The predicted octanol–water partition coefficient (Wildman–Crippen LogP) is 7.80. The van der Waals surface area contributed by atoms with Crippen LogP contribution in [0.25, 0.3) is 22.5 Å². The molecule has 0 atom stereocenters. The lowest BCUT2D eigenvalue weighted by molar-refractivity contribution is 0.0380. The summed E-state index contributed by atoms with van der Waals surface area (Å²) >= 11 is 13.3. The average molecular weight is 500 g/mol. The van der Waals surface area contributed by atoms with E-state index in [0.717, 1.165) is 5.56 Å². The number of amides is 1. The van der Waals surface area contributed by atoms with E-state index < -0.39 is 11.9 Å². The molecule has 2 aromatic carbocycles. The first kappa shape index (κ1) is 23.1. The summed E-state index contributed by atoms with van der Waals surface area (Å²) < 4.78 is 11.2. The molecule has 168 valence electrons. The van der Waals surface area contributed by atoms with E-state index in [4.69, 9.17) is 32.4 Å². The summed E-state index contributed by atoms with van der Waals surface area (Å²) in [5.74, 6) is -0.430. The summed E-state index contributed by atoms with van der Waals surface area (Å²) in [6.45, 7) is 3.55. The minimum atomic E-state index is -0.503. The minimum Gasteiger partial charge on any atom is -0.459 e. The van der Waals surface area contributed by atoms with Gasteiger partial charge < -0.3 is 14.5 Å². The van der Waals surface area contributed by atoms with Crippen LogP contribution in [0.3, 0.4) is 0 Å². The predicted molar refractivity (Wildman–Crippen MR) is 132 cm³/mol. The van der Waals surface area contributed by atoms with Gasteiger partial charge in [0.05, 0.1) is 16.1 Å². The van der Waals surface area contributed by atoms with Gasteiger partial charge in [-0.2, -0.15) is 0 Å². The molecule has 0 aliphatic rings. The van der Waals surface area contributed by atoms with Crippen molar-refractivity contribution in [3.63, 3.8) is 0 Å². The fourth-order valence-corrected chi connectivity index (χ4v) is 4.44. The van der Waals surface area contributed by atoms with Gasteiger partial charge in [0.25, 0.3) is 5.91 Å². The molecule has 8 heteroatoms. The van der Waals surface area contributed by atoms with E-state index in [1.807, 2.05) is 35.7 Å². The van der Waals surface area contributed by atoms with Crippen LogP contribution in [0.1, 0.15) is 34.8 Å². The van der Waals surface area contributed by atoms with E-state index in [0.29, 0.717) is 37.5 Å². The topological polar surface area (TPSA) is 68.5 Å². The molecular formula is C25H19Cl2NO4S. The Bertz CT molecular complexity index is 1310. The highest BCUT2D eigenvalue weighted by molar-refractivity contribution is 7.15. The van der Waals surface area contributed by atoms with E-state index in [1.54, 1.807) is 44.2 Å². The van der Waals surface area contributed by atoms with Gasteiger partial charge >= 0.3 is 5.97 Å². The Morgan fingerprint density at radius 1 is 0.970 bits per heavy atom. The van der Waals surface area contributed by atoms with Crippen molar-refractivity contribution in [1.29, 1.82) is 0 Å². The van der Waals surface area contributed by atoms with Gasteiger partial charge in [0.15, 0.2) is 5.76 Å². The number of rotatable bonds is 6. The van der Waals surface area contributed by atoms with Gasteiger partial charge in [-0.1, -0.05) is 53.5 Å². The molecule has 0 spiro atoms. The van der Waals surface area contributed by atoms with E-state index in [9.17, 15) is 9.59 Å². The number of carbonyl (C=O) groups excluding carboxylic acids is 2. The van der Waals surface area contributed by atoms with Gasteiger partial charge in [0, 0.05) is 16.5 Å². The van der Waals surface area contributed by atoms with Crippen molar-refractivity contribution in [1.82, 2.24) is 0 Å². The first-order valence-electron chi connectivity index (χ1n) is 10.1. The number of thiophene rings is 1. The molecule has 0 saturated carbocycles. The molecule has 2 aromatic heterocycles. The molecule has 0 aliphatic carbocycles. The maximum atomic E-state index is 12.9. The maximum absolute atomic E-state index is 12.9. The normalized spacial score (nSPS) is 10.9. The fourth-order valence-electron chi connectivity index (χ4n) is 3.18. The van der Waals surface area contributed by atoms with Crippen LogP contribution in [0.2, 0.25) is 10.0 Å². The van der Waals surface area contributed by atoms with Crippen LogP contribution in [0.5, 0.6) is 0 Å². The van der Waals surface area contributed by atoms with E-state index >= 15 is 0 Å². The Labute approximate surface area is 204 Å². The molecule has 4 aromatic rings. The number of nitrogens with one attached hydrogen (secondary N) is 1. The number of benzene rings is 2. The zero-order valence-corrected chi connectivity index (χ0v) is 20.1. The van der Waals surface area contributed by atoms with Crippen molar-refractivity contribution in [3.8, 4) is 22.5 Å². The number of ether oxygens (including phenoxy) is 1. The van der Waals surface area contributed by atoms with Crippen LogP contribution in [0.4, 0.5) is 5.00 Å². The highest BCUT2D eigenvalue weighted by Crippen LogP contribution is 2.37. The molecule has 1 amide bonds. The van der Waals surface area contributed by atoms with Crippen molar-refractivity contribution >= 4 is 51.4 Å². The quantitative estimate of drug-likeness (QED) is 0.274. The maximum Gasteiger partial charge on any atom is 0.342 e. The van der Waals surface area contributed by atoms with Crippen LogP contribution < -0.4 is 5.32 Å². The lowest BCUT2D eigenvalue weighted by Crippen LogP contribution is -2.16. The third-order valence-corrected chi connectivity index (χ3v) is 6.32. The molecule has 0 unspecified atom stereocenters. The van der Waals surface area contributed by atoms with Gasteiger partial charge in [-0.15, -0.1) is 11.3 Å². The Hall–Kier alpha value is -3.06. The van der Waals surface area contributed by atoms with Crippen LogP contribution >= 0.6 is 34.5 Å². The van der Waals surface area contributed by atoms with E-state index in [1.165, 1.54) is 11.3 Å². The Morgan fingerprint density at radius 3 is 2.42 bits per heavy atom. The number of carbonyl (C=O) groups is 2. The van der Waals surface area contributed by atoms with Crippen LogP contribution in [-0.2, 0) is 4.74 Å². The summed E-state index contributed by atoms with van der Waals surface area (Å²) in [6.07, 6.45) is -0.302. The molecule has 5 nitrogen and oxygen atoms in total. The molecule has 33 heavy (non-hydrogen) atoms. The minimum absolute atomic E-state index is 0.0916. The molecule has 2 heterocycles. The Balaban J connectivity index is 1.63. The smallest absolute Gasteiger partial charge is 0.342 e. The number of hydrogen-bond acceptors (Lipinski definition) is 5. The highest BCUT2D eigenvalue weighted by atomic mass is 35.5. The molecule has 1 N–H and O–H groups in total. The second kappa shape index (κ2) is 9.83. The van der Waals surface area contributed by atoms with Gasteiger partial charge in [-0.25, -0.2) is 4.79 Å². The summed E-state index contributed by atoms with van der Waals surface area (Å²) in [5.41, 5.74) is 2.54. The Morgan fingerprint density at radius 2 is 1.73 bits per heavy atom. The summed E-state index contributed by atoms with van der Waals surface area (Å²) in [4.78, 5) is 25.8. The summed E-state index contributed by atoms with van der Waals surface area (Å²) in [5, 5.41) is 5.82. The molecule has 0 bridgehead atoms. The van der Waals surface area contributed by atoms with Gasteiger partial charge in [0.1, 0.15) is 16.3 Å². The van der Waals surface area contributed by atoms with Crippen molar-refractivity contribution in [3.05, 3.63) is 87.4 Å². The lowest BCUT2D eigenvalue weighted by atomic mass is 10.0. The first-order valence-corrected chi connectivity index (χ1v) is 11.7. The molecule has 0 saturated heterocycles. The number of hydrogen-bond donors (Lipinski definition) is 1. The van der Waals surface area contributed by atoms with Crippen LogP contribution in [0, 0.1) is 0 Å². The first-order chi connectivity index (χ1) is 15.8. The standard InChI is InChI=1S/C25H19Cl2NO4S/c1-14(2)31-25(30)22-17(15-6-4-3-5-7-15)13-33-24(22)28-23(29)21-11-10-20(32-21)16-8-9-18(26)19(27)12-16/h3-14H,1-2H3,(H,28,29). The molecule has 4 rings (SSSR count). The molecular weight excluding hydrogens is 481 g/mol. The molecule has 0 aliphatic heterocycles. The third kappa shape index (κ3) is 5.14. The third-order valence-electron chi connectivity index (χ3n) is 4.68.